The van der Waals surface area contributed by atoms with E-state index in [1.54, 1.807) is 41.0 Å². The first-order valence-electron chi connectivity index (χ1n) is 6.74. The van der Waals surface area contributed by atoms with Gasteiger partial charge in [0, 0.05) is 30.3 Å². The van der Waals surface area contributed by atoms with Crippen LogP contribution in [0.25, 0.3) is 16.9 Å². The Hall–Kier alpha value is -2.18. The van der Waals surface area contributed by atoms with Crippen molar-refractivity contribution in [3.8, 4) is 11.3 Å². The summed E-state index contributed by atoms with van der Waals surface area (Å²) >= 11 is 0. The van der Waals surface area contributed by atoms with Gasteiger partial charge in [-0.3, -0.25) is 0 Å². The van der Waals surface area contributed by atoms with Crippen molar-refractivity contribution in [3.05, 3.63) is 48.4 Å². The summed E-state index contributed by atoms with van der Waals surface area (Å²) in [5.41, 5.74) is 7.45. The average Bonchev–Trinajstić information content (AvgIpc) is 2.93. The molecule has 0 bridgehead atoms. The molecular formula is C15H17ClFN5. The Balaban J connectivity index is 0.00000176. The van der Waals surface area contributed by atoms with E-state index in [2.05, 4.69) is 15.4 Å². The highest BCUT2D eigenvalue weighted by Gasteiger charge is 2.11. The van der Waals surface area contributed by atoms with E-state index < -0.39 is 0 Å². The van der Waals surface area contributed by atoms with Gasteiger partial charge in [0.2, 0.25) is 0 Å². The largest absolute Gasteiger partial charge is 0.368 e. The van der Waals surface area contributed by atoms with Gasteiger partial charge in [0.25, 0.3) is 0 Å². The normalized spacial score (nSPS) is 12.0. The molecular weight excluding hydrogens is 305 g/mol. The molecule has 3 aromatic rings. The molecule has 116 valence electrons. The van der Waals surface area contributed by atoms with Crippen molar-refractivity contribution in [1.82, 2.24) is 14.6 Å². The lowest BCUT2D eigenvalue weighted by Gasteiger charge is -2.12. The Morgan fingerprint density at radius 1 is 1.32 bits per heavy atom. The van der Waals surface area contributed by atoms with Crippen LogP contribution in [-0.2, 0) is 0 Å². The third-order valence-electron chi connectivity index (χ3n) is 3.11. The second-order valence-corrected chi connectivity index (χ2v) is 4.97. The van der Waals surface area contributed by atoms with Crippen LogP contribution in [0.4, 0.5) is 10.2 Å². The zero-order valence-corrected chi connectivity index (χ0v) is 12.8. The third-order valence-corrected chi connectivity index (χ3v) is 3.11. The maximum Gasteiger partial charge on any atom is 0.157 e. The van der Waals surface area contributed by atoms with Crippen molar-refractivity contribution < 1.29 is 4.39 Å². The molecule has 0 spiro atoms. The van der Waals surface area contributed by atoms with Crippen LogP contribution in [0, 0.1) is 5.82 Å². The monoisotopic (exact) mass is 321 g/mol. The van der Waals surface area contributed by atoms with Gasteiger partial charge in [-0.1, -0.05) is 12.1 Å². The minimum atomic E-state index is -0.299. The summed E-state index contributed by atoms with van der Waals surface area (Å²) in [6.07, 6.45) is 1.66. The Kier molecular flexibility index (Phi) is 4.95. The van der Waals surface area contributed by atoms with E-state index >= 15 is 0 Å². The van der Waals surface area contributed by atoms with Gasteiger partial charge in [-0.15, -0.1) is 12.4 Å². The molecule has 0 saturated carbocycles. The van der Waals surface area contributed by atoms with Gasteiger partial charge in [-0.05, 0) is 19.1 Å². The van der Waals surface area contributed by atoms with E-state index in [4.69, 9.17) is 5.73 Å². The van der Waals surface area contributed by atoms with E-state index in [0.29, 0.717) is 23.4 Å². The molecule has 3 rings (SSSR count). The molecule has 0 aliphatic heterocycles. The number of hydrogen-bond acceptors (Lipinski definition) is 4. The van der Waals surface area contributed by atoms with Crippen LogP contribution in [0.3, 0.4) is 0 Å². The summed E-state index contributed by atoms with van der Waals surface area (Å²) in [6, 6.07) is 10.1. The molecule has 5 nitrogen and oxygen atoms in total. The van der Waals surface area contributed by atoms with Crippen LogP contribution in [0.5, 0.6) is 0 Å². The second kappa shape index (κ2) is 6.72. The summed E-state index contributed by atoms with van der Waals surface area (Å²) < 4.78 is 15.6. The van der Waals surface area contributed by atoms with Gasteiger partial charge < -0.3 is 11.1 Å². The van der Waals surface area contributed by atoms with Gasteiger partial charge >= 0.3 is 0 Å². The highest BCUT2D eigenvalue weighted by Crippen LogP contribution is 2.24. The van der Waals surface area contributed by atoms with Crippen molar-refractivity contribution in [2.24, 2.45) is 5.73 Å². The van der Waals surface area contributed by atoms with E-state index in [1.165, 1.54) is 6.07 Å². The van der Waals surface area contributed by atoms with E-state index in [9.17, 15) is 4.39 Å². The number of rotatable bonds is 4. The Bertz CT molecular complexity index is 771. The zero-order chi connectivity index (χ0) is 14.8. The first-order valence-corrected chi connectivity index (χ1v) is 6.74. The van der Waals surface area contributed by atoms with E-state index in [1.807, 2.05) is 6.92 Å². The quantitative estimate of drug-likeness (QED) is 0.775. The number of fused-ring (bicyclic) bond motifs is 1. The van der Waals surface area contributed by atoms with Crippen molar-refractivity contribution in [3.63, 3.8) is 0 Å². The number of anilines is 1. The Morgan fingerprint density at radius 3 is 2.82 bits per heavy atom. The van der Waals surface area contributed by atoms with Gasteiger partial charge in [0.05, 0.1) is 11.9 Å². The smallest absolute Gasteiger partial charge is 0.157 e. The lowest BCUT2D eigenvalue weighted by Crippen LogP contribution is -2.26. The summed E-state index contributed by atoms with van der Waals surface area (Å²) in [7, 11) is 0. The molecule has 22 heavy (non-hydrogen) atoms. The van der Waals surface area contributed by atoms with Gasteiger partial charge in [0.1, 0.15) is 11.6 Å². The predicted molar refractivity (Wildman–Crippen MR) is 87.8 cm³/mol. The van der Waals surface area contributed by atoms with Gasteiger partial charge in [0.15, 0.2) is 5.65 Å². The fourth-order valence-electron chi connectivity index (χ4n) is 2.11. The molecule has 7 heteroatoms. The Labute approximate surface area is 133 Å². The van der Waals surface area contributed by atoms with Crippen LogP contribution >= 0.6 is 12.4 Å². The molecule has 0 fully saturated rings. The molecule has 2 heterocycles. The molecule has 0 amide bonds. The predicted octanol–water partition coefficient (Wildman–Crippen LogP) is 2.72. The van der Waals surface area contributed by atoms with Crippen LogP contribution < -0.4 is 11.1 Å². The molecule has 1 aromatic carbocycles. The number of aromatic nitrogens is 3. The second-order valence-electron chi connectivity index (χ2n) is 4.97. The molecule has 3 N–H and O–H groups in total. The standard InChI is InChI=1S/C15H16FN5.ClH/c1-10(17)9-18-15-8-13(11-4-2-3-5-12(11)16)20-14-6-7-19-21(14)15;/h2-8,10,18H,9,17H2,1H3;1H/t10-;/m0./s1. The highest BCUT2D eigenvalue weighted by molar-refractivity contribution is 5.85. The summed E-state index contributed by atoms with van der Waals surface area (Å²) in [5.74, 6) is 0.438. The fraction of sp³-hybridized carbons (Fsp3) is 0.200. The molecule has 1 atom stereocenters. The maximum absolute atomic E-state index is 13.9. The van der Waals surface area contributed by atoms with E-state index in [0.717, 1.165) is 5.82 Å². The minimum absolute atomic E-state index is 0. The number of nitrogens with zero attached hydrogens (tertiary/aromatic N) is 3. The molecule has 0 aliphatic rings. The van der Waals surface area contributed by atoms with Crippen molar-refractivity contribution >= 4 is 23.9 Å². The van der Waals surface area contributed by atoms with Crippen LogP contribution in [0.15, 0.2) is 42.6 Å². The molecule has 0 radical (unpaired) electrons. The average molecular weight is 322 g/mol. The molecule has 2 aromatic heterocycles. The fourth-order valence-corrected chi connectivity index (χ4v) is 2.11. The topological polar surface area (TPSA) is 68.2 Å². The summed E-state index contributed by atoms with van der Waals surface area (Å²) in [4.78, 5) is 4.44. The minimum Gasteiger partial charge on any atom is -0.368 e. The first kappa shape index (κ1) is 16.2. The summed E-state index contributed by atoms with van der Waals surface area (Å²) in [5, 5.41) is 7.43. The number of nitrogens with two attached hydrogens (primary N) is 1. The number of halogens is 2. The first-order chi connectivity index (χ1) is 10.1. The summed E-state index contributed by atoms with van der Waals surface area (Å²) in [6.45, 7) is 2.50. The van der Waals surface area contributed by atoms with Gasteiger partial charge in [-0.2, -0.15) is 9.61 Å². The van der Waals surface area contributed by atoms with Gasteiger partial charge in [-0.25, -0.2) is 9.37 Å². The number of nitrogens with one attached hydrogen (secondary N) is 1. The lowest BCUT2D eigenvalue weighted by atomic mass is 10.1. The number of benzene rings is 1. The number of hydrogen-bond donors (Lipinski definition) is 2. The zero-order valence-electron chi connectivity index (χ0n) is 12.0. The maximum atomic E-state index is 13.9. The van der Waals surface area contributed by atoms with Crippen LogP contribution in [-0.4, -0.2) is 27.2 Å². The molecule has 0 saturated heterocycles. The third kappa shape index (κ3) is 3.18. The highest BCUT2D eigenvalue weighted by atomic mass is 35.5. The Morgan fingerprint density at radius 2 is 2.09 bits per heavy atom. The molecule has 0 aliphatic carbocycles. The lowest BCUT2D eigenvalue weighted by molar-refractivity contribution is 0.630. The van der Waals surface area contributed by atoms with E-state index in [-0.39, 0.29) is 24.3 Å². The van der Waals surface area contributed by atoms with Crippen LogP contribution in [0.1, 0.15) is 6.92 Å². The van der Waals surface area contributed by atoms with Crippen molar-refractivity contribution in [2.45, 2.75) is 13.0 Å². The SMILES string of the molecule is C[C@H](N)CNc1cc(-c2ccccc2F)nc2ccnn12.Cl. The van der Waals surface area contributed by atoms with Crippen LogP contribution in [0.2, 0.25) is 0 Å². The van der Waals surface area contributed by atoms with Crippen molar-refractivity contribution in [2.75, 3.05) is 11.9 Å². The molecule has 0 unspecified atom stereocenters. The van der Waals surface area contributed by atoms with Crippen molar-refractivity contribution in [1.29, 1.82) is 0 Å².